The van der Waals surface area contributed by atoms with Gasteiger partial charge in [0.1, 0.15) is 13.2 Å². The van der Waals surface area contributed by atoms with E-state index in [1.807, 2.05) is 0 Å². The third-order valence-corrected chi connectivity index (χ3v) is 15.6. The molecule has 0 amide bonds. The molecule has 0 radical (unpaired) electrons. The minimum absolute atomic E-state index is 0.0706. The van der Waals surface area contributed by atoms with Crippen molar-refractivity contribution in [2.24, 2.45) is 0 Å². The fourth-order valence-corrected chi connectivity index (χ4v) is 10.3. The van der Waals surface area contributed by atoms with E-state index >= 15 is 0 Å². The number of hydrogen-bond acceptors (Lipinski definition) is 6. The van der Waals surface area contributed by atoms with Crippen molar-refractivity contribution in [2.45, 2.75) is 380 Å². The summed E-state index contributed by atoms with van der Waals surface area (Å²) in [5.74, 6) is -0.852. The summed E-state index contributed by atoms with van der Waals surface area (Å²) in [6.45, 7) is 6.69. The van der Waals surface area contributed by atoms with Gasteiger partial charge in [-0.05, 0) is 83.5 Å². The molecule has 78 heavy (non-hydrogen) atoms. The zero-order valence-electron chi connectivity index (χ0n) is 52.5. The van der Waals surface area contributed by atoms with Crippen molar-refractivity contribution in [3.8, 4) is 0 Å². The maximum Gasteiger partial charge on any atom is 0.306 e. The van der Waals surface area contributed by atoms with Crippen molar-refractivity contribution in [1.82, 2.24) is 0 Å². The number of unbranched alkanes of at least 4 members (excludes halogenated alkanes) is 45. The third kappa shape index (κ3) is 64.2. The number of ether oxygens (including phenoxy) is 3. The molecule has 0 aliphatic heterocycles. The monoisotopic (exact) mass is 1090 g/mol. The molecule has 0 rings (SSSR count). The van der Waals surface area contributed by atoms with Crippen LogP contribution in [0.4, 0.5) is 0 Å². The SMILES string of the molecule is CCCCCCC/C=C\C/C=C\C/C=C\CCCCCCCCCCCCCCC(=O)OCC(COC(=O)CCCCCCCCCCCCCCCCC)OC(=O)CCCCCCCCC/C=C\CCCCCCCCC. The van der Waals surface area contributed by atoms with Crippen LogP contribution < -0.4 is 0 Å². The molecule has 0 aromatic carbocycles. The summed E-state index contributed by atoms with van der Waals surface area (Å²) in [5.41, 5.74) is 0. The summed E-state index contributed by atoms with van der Waals surface area (Å²) in [6, 6.07) is 0. The molecule has 456 valence electrons. The van der Waals surface area contributed by atoms with Gasteiger partial charge in [-0.25, -0.2) is 0 Å². The van der Waals surface area contributed by atoms with Crippen molar-refractivity contribution in [3.05, 3.63) is 48.6 Å². The van der Waals surface area contributed by atoms with Gasteiger partial charge in [0, 0.05) is 19.3 Å². The number of esters is 3. The van der Waals surface area contributed by atoms with Crippen molar-refractivity contribution in [1.29, 1.82) is 0 Å². The lowest BCUT2D eigenvalue weighted by Crippen LogP contribution is -2.30. The first-order valence-corrected chi connectivity index (χ1v) is 34.6. The molecule has 0 bridgehead atoms. The first-order valence-electron chi connectivity index (χ1n) is 34.6. The molecule has 1 atom stereocenters. The quantitative estimate of drug-likeness (QED) is 0.0261. The molecule has 0 aromatic heterocycles. The summed E-state index contributed by atoms with van der Waals surface area (Å²) < 4.78 is 17.0. The predicted octanol–water partition coefficient (Wildman–Crippen LogP) is 23.7. The van der Waals surface area contributed by atoms with E-state index in [-0.39, 0.29) is 31.1 Å². The second-order valence-electron chi connectivity index (χ2n) is 23.4. The van der Waals surface area contributed by atoms with Crippen LogP contribution in [0.5, 0.6) is 0 Å². The smallest absolute Gasteiger partial charge is 0.306 e. The maximum absolute atomic E-state index is 12.9. The van der Waals surface area contributed by atoms with Crippen LogP contribution in [0.2, 0.25) is 0 Å². The standard InChI is InChI=1S/C72H132O6/c1-4-7-10-13-16-19-22-25-28-30-32-33-34-35-36-37-38-39-40-42-44-47-50-53-56-59-62-65-71(74)77-68-69(67-76-70(73)64-61-58-55-52-49-46-43-27-24-21-18-15-12-9-6-3)78-72(75)66-63-60-57-54-51-48-45-41-31-29-26-23-20-17-14-11-8-5-2/h22,25,29-32,34-35,69H,4-21,23-24,26-28,33,36-68H2,1-3H3/b25-22-,31-29-,32-30-,35-34-. The van der Waals surface area contributed by atoms with E-state index in [2.05, 4.69) is 69.4 Å². The van der Waals surface area contributed by atoms with Crippen LogP contribution in [0.3, 0.4) is 0 Å². The van der Waals surface area contributed by atoms with Gasteiger partial charge in [-0.2, -0.15) is 0 Å². The minimum atomic E-state index is -0.775. The number of carbonyl (C=O) groups is 3. The van der Waals surface area contributed by atoms with E-state index < -0.39 is 6.10 Å². The van der Waals surface area contributed by atoms with Crippen LogP contribution in [-0.2, 0) is 28.6 Å². The van der Waals surface area contributed by atoms with Crippen LogP contribution in [0, 0.1) is 0 Å². The van der Waals surface area contributed by atoms with Crippen molar-refractivity contribution in [2.75, 3.05) is 13.2 Å². The molecular formula is C72H132O6. The predicted molar refractivity (Wildman–Crippen MR) is 339 cm³/mol. The molecule has 0 aliphatic rings. The molecule has 0 saturated heterocycles. The normalized spacial score (nSPS) is 12.3. The Morgan fingerprint density at radius 3 is 0.731 bits per heavy atom. The van der Waals surface area contributed by atoms with Gasteiger partial charge in [-0.15, -0.1) is 0 Å². The minimum Gasteiger partial charge on any atom is -0.462 e. The Hall–Kier alpha value is -2.63. The number of carbonyl (C=O) groups excluding carboxylic acids is 3. The van der Waals surface area contributed by atoms with Crippen LogP contribution in [0.25, 0.3) is 0 Å². The van der Waals surface area contributed by atoms with Crippen LogP contribution in [0.15, 0.2) is 48.6 Å². The third-order valence-electron chi connectivity index (χ3n) is 15.6. The Bertz CT molecular complexity index is 1350. The number of hydrogen-bond donors (Lipinski definition) is 0. The van der Waals surface area contributed by atoms with Crippen LogP contribution >= 0.6 is 0 Å². The summed E-state index contributed by atoms with van der Waals surface area (Å²) >= 11 is 0. The zero-order valence-corrected chi connectivity index (χ0v) is 52.5. The van der Waals surface area contributed by atoms with Gasteiger partial charge in [0.15, 0.2) is 6.10 Å². The van der Waals surface area contributed by atoms with Crippen molar-refractivity contribution >= 4 is 17.9 Å². The molecule has 0 spiro atoms. The van der Waals surface area contributed by atoms with Crippen molar-refractivity contribution in [3.63, 3.8) is 0 Å². The lowest BCUT2D eigenvalue weighted by Gasteiger charge is -2.18. The maximum atomic E-state index is 12.9. The number of rotatable bonds is 64. The highest BCUT2D eigenvalue weighted by Gasteiger charge is 2.19. The number of allylic oxidation sites excluding steroid dienone is 8. The van der Waals surface area contributed by atoms with Crippen LogP contribution in [0.1, 0.15) is 374 Å². The lowest BCUT2D eigenvalue weighted by atomic mass is 10.0. The van der Waals surface area contributed by atoms with Gasteiger partial charge in [0.2, 0.25) is 0 Å². The first-order chi connectivity index (χ1) is 38.5. The van der Waals surface area contributed by atoms with E-state index in [9.17, 15) is 14.4 Å². The van der Waals surface area contributed by atoms with Crippen LogP contribution in [-0.4, -0.2) is 37.2 Å². The van der Waals surface area contributed by atoms with Gasteiger partial charge in [-0.3, -0.25) is 14.4 Å². The summed E-state index contributed by atoms with van der Waals surface area (Å²) in [5, 5.41) is 0. The zero-order chi connectivity index (χ0) is 56.4. The lowest BCUT2D eigenvalue weighted by molar-refractivity contribution is -0.167. The van der Waals surface area contributed by atoms with E-state index in [0.29, 0.717) is 19.3 Å². The summed E-state index contributed by atoms with van der Waals surface area (Å²) in [7, 11) is 0. The Balaban J connectivity index is 4.27. The second kappa shape index (κ2) is 66.9. The first kappa shape index (κ1) is 75.4. The Labute approximate surface area is 486 Å². The van der Waals surface area contributed by atoms with Gasteiger partial charge in [0.25, 0.3) is 0 Å². The van der Waals surface area contributed by atoms with Crippen molar-refractivity contribution < 1.29 is 28.6 Å². The highest BCUT2D eigenvalue weighted by molar-refractivity contribution is 5.71. The molecule has 0 aliphatic carbocycles. The largest absolute Gasteiger partial charge is 0.462 e. The fraction of sp³-hybridized carbons (Fsp3) is 0.847. The summed E-state index contributed by atoms with van der Waals surface area (Å²) in [6.07, 6.45) is 84.1. The molecule has 0 saturated carbocycles. The molecule has 6 nitrogen and oxygen atoms in total. The van der Waals surface area contributed by atoms with Gasteiger partial charge < -0.3 is 14.2 Å². The molecule has 6 heteroatoms. The van der Waals surface area contributed by atoms with E-state index in [0.717, 1.165) is 70.6 Å². The molecule has 0 N–H and O–H groups in total. The average molecular weight is 1090 g/mol. The molecule has 0 heterocycles. The molecule has 1 unspecified atom stereocenters. The van der Waals surface area contributed by atoms with Gasteiger partial charge in [0.05, 0.1) is 0 Å². The Kier molecular flexibility index (Phi) is 64.6. The Morgan fingerprint density at radius 2 is 0.462 bits per heavy atom. The van der Waals surface area contributed by atoms with E-state index in [1.54, 1.807) is 0 Å². The molecule has 0 fully saturated rings. The second-order valence-corrected chi connectivity index (χ2v) is 23.4. The summed E-state index contributed by atoms with van der Waals surface area (Å²) in [4.78, 5) is 38.4. The molecular weight excluding hydrogens is 961 g/mol. The fourth-order valence-electron chi connectivity index (χ4n) is 10.3. The topological polar surface area (TPSA) is 78.9 Å². The van der Waals surface area contributed by atoms with Gasteiger partial charge in [-0.1, -0.05) is 320 Å². The molecule has 0 aromatic rings. The van der Waals surface area contributed by atoms with E-state index in [1.165, 1.54) is 263 Å². The Morgan fingerprint density at radius 1 is 0.256 bits per heavy atom. The average Bonchev–Trinajstić information content (AvgIpc) is 3.44. The highest BCUT2D eigenvalue weighted by Crippen LogP contribution is 2.18. The van der Waals surface area contributed by atoms with Gasteiger partial charge >= 0.3 is 17.9 Å². The highest BCUT2D eigenvalue weighted by atomic mass is 16.6. The van der Waals surface area contributed by atoms with E-state index in [4.69, 9.17) is 14.2 Å².